The Labute approximate surface area is 106 Å². The number of nitrogens with zero attached hydrogens (tertiary/aromatic N) is 1. The van der Waals surface area contributed by atoms with Gasteiger partial charge in [-0.05, 0) is 30.7 Å². The topological polar surface area (TPSA) is 72.8 Å². The van der Waals surface area contributed by atoms with Crippen molar-refractivity contribution in [3.63, 3.8) is 0 Å². The van der Waals surface area contributed by atoms with E-state index in [1.165, 1.54) is 0 Å². The summed E-state index contributed by atoms with van der Waals surface area (Å²) >= 11 is 0. The van der Waals surface area contributed by atoms with Crippen LogP contribution in [0, 0.1) is 0 Å². The normalized spacial score (nSPS) is 15.7. The molecule has 98 valence electrons. The second-order valence-corrected chi connectivity index (χ2v) is 4.38. The van der Waals surface area contributed by atoms with Crippen LogP contribution in [0.25, 0.3) is 0 Å². The second-order valence-electron chi connectivity index (χ2n) is 4.38. The van der Waals surface area contributed by atoms with Gasteiger partial charge in [-0.1, -0.05) is 0 Å². The Bertz CT molecular complexity index is 448. The van der Waals surface area contributed by atoms with Gasteiger partial charge in [0.2, 0.25) is 5.91 Å². The molecule has 0 fully saturated rings. The number of benzene rings is 1. The predicted molar refractivity (Wildman–Crippen MR) is 69.8 cm³/mol. The van der Waals surface area contributed by atoms with Gasteiger partial charge in [0.25, 0.3) is 0 Å². The van der Waals surface area contributed by atoms with Crippen LogP contribution in [-0.4, -0.2) is 41.9 Å². The zero-order valence-corrected chi connectivity index (χ0v) is 10.4. The molecule has 3 N–H and O–H groups in total. The fourth-order valence-corrected chi connectivity index (χ4v) is 2.14. The van der Waals surface area contributed by atoms with E-state index in [9.17, 15) is 9.90 Å². The molecule has 2 rings (SSSR count). The Morgan fingerprint density at radius 3 is 2.94 bits per heavy atom. The first-order valence-corrected chi connectivity index (χ1v) is 6.11. The molecule has 1 atom stereocenters. The number of hydrogen-bond donors (Lipinski definition) is 3. The molecule has 5 nitrogen and oxygen atoms in total. The van der Waals surface area contributed by atoms with Gasteiger partial charge < -0.3 is 20.4 Å². The lowest BCUT2D eigenvalue weighted by atomic mass is 10.1. The molecule has 1 amide bonds. The number of carbonyl (C=O) groups is 1. The Balaban J connectivity index is 2.10. The van der Waals surface area contributed by atoms with Crippen LogP contribution in [0.2, 0.25) is 0 Å². The first-order valence-electron chi connectivity index (χ1n) is 6.11. The minimum Gasteiger partial charge on any atom is -0.394 e. The Morgan fingerprint density at radius 2 is 2.28 bits per heavy atom. The van der Waals surface area contributed by atoms with Crippen LogP contribution in [0.4, 0.5) is 11.4 Å². The first-order chi connectivity index (χ1) is 8.65. The molecule has 5 heteroatoms. The van der Waals surface area contributed by atoms with E-state index < -0.39 is 6.10 Å². The van der Waals surface area contributed by atoms with Gasteiger partial charge in [0.05, 0.1) is 19.1 Å². The van der Waals surface area contributed by atoms with Crippen molar-refractivity contribution < 1.29 is 15.0 Å². The summed E-state index contributed by atoms with van der Waals surface area (Å²) in [7, 11) is 0. The van der Waals surface area contributed by atoms with Crippen molar-refractivity contribution in [1.82, 2.24) is 0 Å². The van der Waals surface area contributed by atoms with Crippen LogP contribution in [0.3, 0.4) is 0 Å². The molecule has 0 spiro atoms. The third kappa shape index (κ3) is 2.47. The highest BCUT2D eigenvalue weighted by molar-refractivity contribution is 6.01. The highest BCUT2D eigenvalue weighted by atomic mass is 16.3. The summed E-state index contributed by atoms with van der Waals surface area (Å²) in [6, 6.07) is 5.72. The van der Waals surface area contributed by atoms with E-state index in [1.807, 2.05) is 25.1 Å². The SMILES string of the molecule is CCN1C(=O)Cc2cc(NCC(O)CO)ccc21. The summed E-state index contributed by atoms with van der Waals surface area (Å²) < 4.78 is 0. The largest absolute Gasteiger partial charge is 0.394 e. The van der Waals surface area contributed by atoms with Gasteiger partial charge >= 0.3 is 0 Å². The van der Waals surface area contributed by atoms with Gasteiger partial charge in [0.1, 0.15) is 0 Å². The van der Waals surface area contributed by atoms with Gasteiger partial charge in [-0.25, -0.2) is 0 Å². The summed E-state index contributed by atoms with van der Waals surface area (Å²) in [6.45, 7) is 2.67. The highest BCUT2D eigenvalue weighted by Gasteiger charge is 2.25. The number of likely N-dealkylation sites (N-methyl/N-ethyl adjacent to an activating group) is 1. The minimum atomic E-state index is -0.771. The molecule has 18 heavy (non-hydrogen) atoms. The minimum absolute atomic E-state index is 0.125. The lowest BCUT2D eigenvalue weighted by Crippen LogP contribution is -2.25. The summed E-state index contributed by atoms with van der Waals surface area (Å²) in [5, 5.41) is 21.0. The Hall–Kier alpha value is -1.59. The standard InChI is InChI=1S/C13H18N2O3/c1-2-15-12-4-3-10(14-7-11(17)8-16)5-9(12)6-13(15)18/h3-5,11,14,16-17H,2,6-8H2,1H3. The molecule has 1 aromatic rings. The van der Waals surface area contributed by atoms with E-state index in [4.69, 9.17) is 5.11 Å². The number of anilines is 2. The van der Waals surface area contributed by atoms with Crippen molar-refractivity contribution in [3.8, 4) is 0 Å². The van der Waals surface area contributed by atoms with Crippen LogP contribution in [0.1, 0.15) is 12.5 Å². The van der Waals surface area contributed by atoms with Gasteiger partial charge in [0, 0.05) is 24.5 Å². The van der Waals surface area contributed by atoms with Crippen LogP contribution in [0.5, 0.6) is 0 Å². The van der Waals surface area contributed by atoms with Gasteiger partial charge in [-0.3, -0.25) is 4.79 Å². The number of hydrogen-bond acceptors (Lipinski definition) is 4. The number of carbonyl (C=O) groups excluding carboxylic acids is 1. The van der Waals surface area contributed by atoms with E-state index in [0.29, 0.717) is 19.5 Å². The van der Waals surface area contributed by atoms with Gasteiger partial charge in [-0.2, -0.15) is 0 Å². The van der Waals surface area contributed by atoms with E-state index >= 15 is 0 Å². The summed E-state index contributed by atoms with van der Waals surface area (Å²) in [4.78, 5) is 13.5. The third-order valence-electron chi connectivity index (χ3n) is 3.08. The molecular weight excluding hydrogens is 232 g/mol. The van der Waals surface area contributed by atoms with Crippen molar-refractivity contribution in [2.45, 2.75) is 19.4 Å². The monoisotopic (exact) mass is 250 g/mol. The molecule has 0 bridgehead atoms. The summed E-state index contributed by atoms with van der Waals surface area (Å²) in [6.07, 6.45) is -0.339. The lowest BCUT2D eigenvalue weighted by Gasteiger charge is -2.15. The van der Waals surface area contributed by atoms with Crippen molar-refractivity contribution in [2.75, 3.05) is 29.9 Å². The molecule has 1 aliphatic heterocycles. The van der Waals surface area contributed by atoms with Crippen molar-refractivity contribution in [1.29, 1.82) is 0 Å². The molecule has 1 unspecified atom stereocenters. The molecular formula is C13H18N2O3. The second kappa shape index (κ2) is 5.37. The van der Waals surface area contributed by atoms with Gasteiger partial charge in [0.15, 0.2) is 0 Å². The molecule has 0 aliphatic carbocycles. The van der Waals surface area contributed by atoms with Crippen molar-refractivity contribution in [3.05, 3.63) is 23.8 Å². The lowest BCUT2D eigenvalue weighted by molar-refractivity contribution is -0.117. The number of nitrogens with one attached hydrogen (secondary N) is 1. The van der Waals surface area contributed by atoms with E-state index in [2.05, 4.69) is 5.32 Å². The molecule has 0 saturated carbocycles. The number of amides is 1. The Kier molecular flexibility index (Phi) is 3.84. The fraction of sp³-hybridized carbons (Fsp3) is 0.462. The van der Waals surface area contributed by atoms with Crippen molar-refractivity contribution in [2.24, 2.45) is 0 Å². The summed E-state index contributed by atoms with van der Waals surface area (Å²) in [5.74, 6) is 0.125. The maximum Gasteiger partial charge on any atom is 0.231 e. The molecule has 1 heterocycles. The quantitative estimate of drug-likeness (QED) is 0.705. The van der Waals surface area contributed by atoms with Crippen LogP contribution < -0.4 is 10.2 Å². The number of rotatable bonds is 5. The molecule has 1 aromatic carbocycles. The first kappa shape index (κ1) is 12.9. The van der Waals surface area contributed by atoms with Crippen molar-refractivity contribution >= 4 is 17.3 Å². The number of fused-ring (bicyclic) bond motifs is 1. The van der Waals surface area contributed by atoms with Crippen LogP contribution >= 0.6 is 0 Å². The molecule has 1 aliphatic rings. The number of aliphatic hydroxyl groups is 2. The molecule has 0 aromatic heterocycles. The van der Waals surface area contributed by atoms with Gasteiger partial charge in [-0.15, -0.1) is 0 Å². The Morgan fingerprint density at radius 1 is 1.50 bits per heavy atom. The maximum absolute atomic E-state index is 11.7. The molecule has 0 radical (unpaired) electrons. The van der Waals surface area contributed by atoms with E-state index in [0.717, 1.165) is 16.9 Å². The zero-order valence-electron chi connectivity index (χ0n) is 10.4. The predicted octanol–water partition coefficient (Wildman–Crippen LogP) is 0.361. The average Bonchev–Trinajstić information content (AvgIpc) is 2.70. The zero-order chi connectivity index (χ0) is 13.1. The number of aliphatic hydroxyl groups excluding tert-OH is 2. The highest BCUT2D eigenvalue weighted by Crippen LogP contribution is 2.30. The average molecular weight is 250 g/mol. The van der Waals surface area contributed by atoms with E-state index in [1.54, 1.807) is 4.90 Å². The van der Waals surface area contributed by atoms with E-state index in [-0.39, 0.29) is 12.5 Å². The van der Waals surface area contributed by atoms with Crippen LogP contribution in [0.15, 0.2) is 18.2 Å². The third-order valence-corrected chi connectivity index (χ3v) is 3.08. The maximum atomic E-state index is 11.7. The van der Waals surface area contributed by atoms with Crippen LogP contribution in [-0.2, 0) is 11.2 Å². The smallest absolute Gasteiger partial charge is 0.231 e. The summed E-state index contributed by atoms with van der Waals surface area (Å²) in [5.41, 5.74) is 2.83. The molecule has 0 saturated heterocycles. The fourth-order valence-electron chi connectivity index (χ4n) is 2.14.